The van der Waals surface area contributed by atoms with Gasteiger partial charge in [-0.2, -0.15) is 13.2 Å². The fourth-order valence-corrected chi connectivity index (χ4v) is 5.93. The van der Waals surface area contributed by atoms with Gasteiger partial charge in [0, 0.05) is 43.1 Å². The Morgan fingerprint density at radius 1 is 1.17 bits per heavy atom. The number of aromatic nitrogens is 2. The quantitative estimate of drug-likeness (QED) is 0.490. The molecule has 8 nitrogen and oxygen atoms in total. The van der Waals surface area contributed by atoms with E-state index >= 15 is 0 Å². The molecule has 0 bridgehead atoms. The van der Waals surface area contributed by atoms with Crippen molar-refractivity contribution in [3.8, 4) is 5.75 Å². The van der Waals surface area contributed by atoms with Crippen molar-refractivity contribution in [1.29, 1.82) is 0 Å². The Kier molecular flexibility index (Phi) is 7.46. The molecule has 0 radical (unpaired) electrons. The number of aliphatic imine (C=N–C) groups is 1. The van der Waals surface area contributed by atoms with Crippen LogP contribution >= 0.6 is 0 Å². The van der Waals surface area contributed by atoms with Gasteiger partial charge in [-0.3, -0.25) is 0 Å². The maximum absolute atomic E-state index is 14.3. The van der Waals surface area contributed by atoms with E-state index in [0.717, 1.165) is 24.7 Å². The van der Waals surface area contributed by atoms with E-state index in [4.69, 9.17) is 4.74 Å². The highest BCUT2D eigenvalue weighted by molar-refractivity contribution is 8.03. The lowest BCUT2D eigenvalue weighted by molar-refractivity contribution is -0.138. The monoisotopic (exact) mass is 546 g/mol. The average Bonchev–Trinajstić information content (AvgIpc) is 3.17. The average molecular weight is 547 g/mol. The Labute approximate surface area is 207 Å². The molecule has 0 aliphatic carbocycles. The van der Waals surface area contributed by atoms with Crippen molar-refractivity contribution in [3.63, 3.8) is 0 Å². The molecule has 0 amide bonds. The Hall–Kier alpha value is -2.87. The number of nitrogens with zero attached hydrogens (tertiary/aromatic N) is 4. The van der Waals surface area contributed by atoms with E-state index in [9.17, 15) is 30.2 Å². The van der Waals surface area contributed by atoms with Crippen LogP contribution in [0.25, 0.3) is 0 Å². The summed E-state index contributed by atoms with van der Waals surface area (Å²) < 4.78 is 93.2. The second-order valence-electron chi connectivity index (χ2n) is 8.51. The van der Waals surface area contributed by atoms with Crippen LogP contribution in [0.15, 0.2) is 46.7 Å². The van der Waals surface area contributed by atoms with Gasteiger partial charge in [0.2, 0.25) is 5.95 Å². The Morgan fingerprint density at radius 3 is 2.42 bits per heavy atom. The molecule has 1 atom stereocenters. The van der Waals surface area contributed by atoms with Crippen molar-refractivity contribution in [2.75, 3.05) is 30.9 Å². The molecule has 36 heavy (non-hydrogen) atoms. The van der Waals surface area contributed by atoms with Gasteiger partial charge in [0.15, 0.2) is 21.4 Å². The maximum atomic E-state index is 14.3. The molecule has 194 valence electrons. The second-order valence-corrected chi connectivity index (χ2v) is 11.9. The zero-order valence-corrected chi connectivity index (χ0v) is 20.7. The van der Waals surface area contributed by atoms with Crippen LogP contribution in [-0.2, 0) is 32.6 Å². The number of alkyl halides is 3. The van der Waals surface area contributed by atoms with Crippen molar-refractivity contribution in [2.24, 2.45) is 10.9 Å². The number of ether oxygens (including phenoxy) is 1. The van der Waals surface area contributed by atoms with E-state index in [1.807, 2.05) is 0 Å². The van der Waals surface area contributed by atoms with Crippen LogP contribution in [0.2, 0.25) is 0 Å². The van der Waals surface area contributed by atoms with Crippen molar-refractivity contribution >= 4 is 31.6 Å². The van der Waals surface area contributed by atoms with E-state index in [1.165, 1.54) is 17.5 Å². The van der Waals surface area contributed by atoms with E-state index in [2.05, 4.69) is 15.0 Å². The summed E-state index contributed by atoms with van der Waals surface area (Å²) >= 11 is 0. The van der Waals surface area contributed by atoms with E-state index in [1.54, 1.807) is 4.90 Å². The highest BCUT2D eigenvalue weighted by atomic mass is 32.2. The molecule has 1 aromatic carbocycles. The molecular weight excluding hydrogens is 524 g/mol. The maximum Gasteiger partial charge on any atom is 0.419 e. The lowest BCUT2D eigenvalue weighted by Gasteiger charge is -2.31. The molecule has 14 heteroatoms. The SMILES string of the molecule is CS(=O)(=O)Cc1ccc(OCC2=CS(=O)C(C3CCN(c4ncc(C(F)(F)F)cn4)CC3)=N2)c(F)c1. The first-order valence-electron chi connectivity index (χ1n) is 10.8. The topological polar surface area (TPSA) is 102 Å². The van der Waals surface area contributed by atoms with Crippen molar-refractivity contribution in [1.82, 2.24) is 9.97 Å². The summed E-state index contributed by atoms with van der Waals surface area (Å²) in [5.74, 6) is -0.971. The number of hydrogen-bond acceptors (Lipinski definition) is 8. The number of hydrogen-bond donors (Lipinski definition) is 0. The first-order chi connectivity index (χ1) is 16.9. The van der Waals surface area contributed by atoms with Gasteiger partial charge in [-0.15, -0.1) is 0 Å². The molecule has 4 rings (SSSR count). The van der Waals surface area contributed by atoms with E-state index < -0.39 is 38.2 Å². The third-order valence-corrected chi connectivity index (χ3v) is 7.78. The zero-order valence-electron chi connectivity index (χ0n) is 19.0. The van der Waals surface area contributed by atoms with Gasteiger partial charge in [0.25, 0.3) is 0 Å². The molecule has 0 spiro atoms. The van der Waals surface area contributed by atoms with Crippen molar-refractivity contribution in [3.05, 3.63) is 58.6 Å². The minimum Gasteiger partial charge on any atom is -0.484 e. The first kappa shape index (κ1) is 26.2. The summed E-state index contributed by atoms with van der Waals surface area (Å²) in [4.78, 5) is 13.8. The number of benzene rings is 1. The highest BCUT2D eigenvalue weighted by Gasteiger charge is 2.33. The van der Waals surface area contributed by atoms with Crippen LogP contribution in [0.5, 0.6) is 5.75 Å². The number of sulfone groups is 1. The number of piperidine rings is 1. The van der Waals surface area contributed by atoms with Gasteiger partial charge in [0.1, 0.15) is 11.7 Å². The predicted octanol–water partition coefficient (Wildman–Crippen LogP) is 3.48. The fourth-order valence-electron chi connectivity index (χ4n) is 3.88. The van der Waals surface area contributed by atoms with Gasteiger partial charge in [-0.05, 0) is 30.5 Å². The summed E-state index contributed by atoms with van der Waals surface area (Å²) in [7, 11) is -4.76. The molecule has 1 unspecified atom stereocenters. The molecule has 0 N–H and O–H groups in total. The zero-order chi connectivity index (χ0) is 26.1. The van der Waals surface area contributed by atoms with Crippen LogP contribution in [0, 0.1) is 11.7 Å². The second kappa shape index (κ2) is 10.2. The normalized spacial score (nSPS) is 19.2. The van der Waals surface area contributed by atoms with Gasteiger partial charge in [-0.25, -0.2) is 32.0 Å². The van der Waals surface area contributed by atoms with E-state index in [0.29, 0.717) is 42.2 Å². The predicted molar refractivity (Wildman–Crippen MR) is 126 cm³/mol. The lowest BCUT2D eigenvalue weighted by Crippen LogP contribution is -2.37. The molecule has 1 fully saturated rings. The molecule has 1 aromatic heterocycles. The molecule has 1 saturated heterocycles. The smallest absolute Gasteiger partial charge is 0.419 e. The van der Waals surface area contributed by atoms with Crippen LogP contribution in [-0.4, -0.2) is 53.6 Å². The van der Waals surface area contributed by atoms with Crippen LogP contribution < -0.4 is 9.64 Å². The molecule has 2 aliphatic rings. The Balaban J connectivity index is 1.32. The van der Waals surface area contributed by atoms with Gasteiger partial charge >= 0.3 is 6.18 Å². The van der Waals surface area contributed by atoms with E-state index in [-0.39, 0.29) is 30.0 Å². The van der Waals surface area contributed by atoms with Gasteiger partial charge in [-0.1, -0.05) is 6.07 Å². The minimum atomic E-state index is -4.50. The van der Waals surface area contributed by atoms with Crippen LogP contribution in [0.1, 0.15) is 24.0 Å². The molecular formula is C22H22F4N4O4S2. The lowest BCUT2D eigenvalue weighted by atomic mass is 9.98. The van der Waals surface area contributed by atoms with Gasteiger partial charge < -0.3 is 9.64 Å². The molecule has 2 aromatic rings. The number of anilines is 1. The summed E-state index contributed by atoms with van der Waals surface area (Å²) in [6.45, 7) is 0.808. The third-order valence-electron chi connectivity index (χ3n) is 5.60. The number of halogens is 4. The van der Waals surface area contributed by atoms with Gasteiger partial charge in [0.05, 0.1) is 27.8 Å². The first-order valence-corrected chi connectivity index (χ1v) is 14.1. The van der Waals surface area contributed by atoms with Crippen molar-refractivity contribution < 1.29 is 34.9 Å². The Bertz CT molecular complexity index is 1320. The fraction of sp³-hybridized carbons (Fsp3) is 0.409. The molecule has 3 heterocycles. The standard InChI is InChI=1S/C22H22F4N4O4S2/c1-36(32,33)13-14-2-3-19(18(23)8-14)34-11-17-12-35(31)20(29-17)15-4-6-30(7-5-15)21-27-9-16(10-28-21)22(24,25)26/h2-3,8-10,12,15H,4-7,11,13H2,1H3. The number of rotatable bonds is 7. The third kappa shape index (κ3) is 6.46. The largest absolute Gasteiger partial charge is 0.484 e. The Morgan fingerprint density at radius 2 is 1.83 bits per heavy atom. The van der Waals surface area contributed by atoms with Crippen molar-refractivity contribution in [2.45, 2.75) is 24.8 Å². The molecule has 0 saturated carbocycles. The minimum absolute atomic E-state index is 0.0765. The summed E-state index contributed by atoms with van der Waals surface area (Å²) in [5, 5.41) is 1.92. The summed E-state index contributed by atoms with van der Waals surface area (Å²) in [6, 6.07) is 3.90. The van der Waals surface area contributed by atoms with Crippen LogP contribution in [0.3, 0.4) is 0 Å². The van der Waals surface area contributed by atoms with Crippen LogP contribution in [0.4, 0.5) is 23.5 Å². The summed E-state index contributed by atoms with van der Waals surface area (Å²) in [6.07, 6.45) is -0.811. The highest BCUT2D eigenvalue weighted by Crippen LogP contribution is 2.30. The summed E-state index contributed by atoms with van der Waals surface area (Å²) in [5.41, 5.74) is -0.226. The molecule has 2 aliphatic heterocycles.